The fourth-order valence-electron chi connectivity index (χ4n) is 3.33. The van der Waals surface area contributed by atoms with Crippen molar-refractivity contribution >= 4 is 11.4 Å². The van der Waals surface area contributed by atoms with Gasteiger partial charge in [-0.1, -0.05) is 54.6 Å². The highest BCUT2D eigenvalue weighted by Gasteiger charge is 2.45. The van der Waals surface area contributed by atoms with Gasteiger partial charge >= 0.3 is 0 Å². The van der Waals surface area contributed by atoms with Crippen molar-refractivity contribution < 1.29 is 9.53 Å². The number of rotatable bonds is 1. The van der Waals surface area contributed by atoms with Crippen molar-refractivity contribution in [2.24, 2.45) is 0 Å². The van der Waals surface area contributed by atoms with Crippen LogP contribution in [0.25, 0.3) is 5.57 Å². The van der Waals surface area contributed by atoms with Crippen molar-refractivity contribution in [2.75, 3.05) is 6.61 Å². The highest BCUT2D eigenvalue weighted by atomic mass is 16.5. The number of carbonyl (C=O) groups excluding carboxylic acids is 1. The average Bonchev–Trinajstić information content (AvgIpc) is 3.02. The van der Waals surface area contributed by atoms with Crippen LogP contribution in [0, 0.1) is 0 Å². The predicted octanol–water partition coefficient (Wildman–Crippen LogP) is 3.86. The summed E-state index contributed by atoms with van der Waals surface area (Å²) in [5.74, 6) is 0.107. The maximum Gasteiger partial charge on any atom is 0.199 e. The second-order valence-corrected chi connectivity index (χ2v) is 5.64. The topological polar surface area (TPSA) is 26.3 Å². The Balaban J connectivity index is 1.96. The summed E-state index contributed by atoms with van der Waals surface area (Å²) in [5.41, 5.74) is 3.27. The number of hydrogen-bond donors (Lipinski definition) is 0. The fourth-order valence-corrected chi connectivity index (χ4v) is 3.33. The summed E-state index contributed by atoms with van der Waals surface area (Å²) in [5, 5.41) is 0. The second-order valence-electron chi connectivity index (χ2n) is 5.64. The first kappa shape index (κ1) is 12.5. The molecule has 2 aromatic carbocycles. The molecule has 1 spiro atoms. The minimum atomic E-state index is -0.750. The number of Topliss-reactive ketones (excluding diaryl/α,β-unsaturated/α-hetero) is 1. The van der Waals surface area contributed by atoms with E-state index in [2.05, 4.69) is 12.1 Å². The van der Waals surface area contributed by atoms with Crippen molar-refractivity contribution in [3.05, 3.63) is 77.4 Å². The number of ketones is 1. The summed E-state index contributed by atoms with van der Waals surface area (Å²) in [6, 6.07) is 18.1. The molecule has 0 aromatic heterocycles. The second kappa shape index (κ2) is 4.68. The monoisotopic (exact) mass is 276 g/mol. The van der Waals surface area contributed by atoms with Gasteiger partial charge in [0.1, 0.15) is 5.60 Å². The lowest BCUT2D eigenvalue weighted by Crippen LogP contribution is -2.39. The van der Waals surface area contributed by atoms with E-state index in [1.165, 1.54) is 0 Å². The summed E-state index contributed by atoms with van der Waals surface area (Å²) in [7, 11) is 0. The number of carbonyl (C=O) groups is 1. The van der Waals surface area contributed by atoms with E-state index in [0.29, 0.717) is 6.61 Å². The van der Waals surface area contributed by atoms with Gasteiger partial charge in [0.25, 0.3) is 0 Å². The van der Waals surface area contributed by atoms with Crippen LogP contribution in [-0.2, 0) is 4.74 Å². The van der Waals surface area contributed by atoms with E-state index in [0.717, 1.165) is 35.1 Å². The van der Waals surface area contributed by atoms with Crippen LogP contribution in [0.5, 0.6) is 0 Å². The van der Waals surface area contributed by atoms with Gasteiger partial charge in [-0.2, -0.15) is 0 Å². The SMILES string of the molecule is O=C1c2ccccc2C(c2ccccc2)=CC12CCCO2. The number of hydrogen-bond acceptors (Lipinski definition) is 2. The first-order valence-corrected chi connectivity index (χ1v) is 7.37. The summed E-state index contributed by atoms with van der Waals surface area (Å²) in [6.45, 7) is 0.659. The third-order valence-electron chi connectivity index (χ3n) is 4.36. The summed E-state index contributed by atoms with van der Waals surface area (Å²) < 4.78 is 5.88. The maximum absolute atomic E-state index is 12.8. The van der Waals surface area contributed by atoms with E-state index in [-0.39, 0.29) is 5.78 Å². The lowest BCUT2D eigenvalue weighted by atomic mass is 9.77. The Hall–Kier alpha value is -2.19. The minimum Gasteiger partial charge on any atom is -0.363 e. The van der Waals surface area contributed by atoms with Crippen molar-refractivity contribution in [2.45, 2.75) is 18.4 Å². The van der Waals surface area contributed by atoms with Crippen molar-refractivity contribution in [1.29, 1.82) is 0 Å². The van der Waals surface area contributed by atoms with E-state index in [9.17, 15) is 4.79 Å². The van der Waals surface area contributed by atoms with Gasteiger partial charge in [0, 0.05) is 12.2 Å². The molecular formula is C19H16O2. The van der Waals surface area contributed by atoms with Crippen molar-refractivity contribution in [3.8, 4) is 0 Å². The zero-order valence-corrected chi connectivity index (χ0v) is 11.7. The third kappa shape index (κ3) is 1.87. The molecule has 1 fully saturated rings. The molecule has 104 valence electrons. The molecule has 2 heteroatoms. The molecule has 2 aliphatic rings. The van der Waals surface area contributed by atoms with E-state index in [1.54, 1.807) is 0 Å². The zero-order chi connectivity index (χ0) is 14.3. The van der Waals surface area contributed by atoms with Crippen LogP contribution in [0.3, 0.4) is 0 Å². The van der Waals surface area contributed by atoms with Gasteiger partial charge in [0.15, 0.2) is 5.78 Å². The maximum atomic E-state index is 12.8. The standard InChI is InChI=1S/C19H16O2/c20-18-16-10-5-4-9-15(16)17(14-7-2-1-3-8-14)13-19(18)11-6-12-21-19/h1-5,7-10,13H,6,11-12H2. The van der Waals surface area contributed by atoms with Gasteiger partial charge in [-0.05, 0) is 35.6 Å². The van der Waals surface area contributed by atoms with Crippen molar-refractivity contribution in [1.82, 2.24) is 0 Å². The third-order valence-corrected chi connectivity index (χ3v) is 4.36. The smallest absolute Gasteiger partial charge is 0.199 e. The largest absolute Gasteiger partial charge is 0.363 e. The van der Waals surface area contributed by atoms with Crippen LogP contribution in [0.2, 0.25) is 0 Å². The molecule has 1 saturated heterocycles. The van der Waals surface area contributed by atoms with Gasteiger partial charge in [-0.15, -0.1) is 0 Å². The minimum absolute atomic E-state index is 0.107. The first-order valence-electron chi connectivity index (χ1n) is 7.37. The van der Waals surface area contributed by atoms with E-state index < -0.39 is 5.60 Å². The van der Waals surface area contributed by atoms with E-state index >= 15 is 0 Å². The molecule has 0 radical (unpaired) electrons. The Kier molecular flexibility index (Phi) is 2.79. The van der Waals surface area contributed by atoms with Gasteiger partial charge in [0.2, 0.25) is 0 Å². The molecule has 1 heterocycles. The van der Waals surface area contributed by atoms with Gasteiger partial charge in [-0.3, -0.25) is 4.79 Å². The molecule has 0 N–H and O–H groups in total. The van der Waals surface area contributed by atoms with Crippen LogP contribution >= 0.6 is 0 Å². The average molecular weight is 276 g/mol. The van der Waals surface area contributed by atoms with Crippen molar-refractivity contribution in [3.63, 3.8) is 0 Å². The molecule has 2 nitrogen and oxygen atoms in total. The highest BCUT2D eigenvalue weighted by Crippen LogP contribution is 2.41. The Morgan fingerprint density at radius 2 is 1.62 bits per heavy atom. The number of benzene rings is 2. The Morgan fingerprint density at radius 3 is 2.33 bits per heavy atom. The highest BCUT2D eigenvalue weighted by molar-refractivity contribution is 6.12. The number of ether oxygens (including phenoxy) is 1. The predicted molar refractivity (Wildman–Crippen MR) is 82.2 cm³/mol. The molecule has 0 saturated carbocycles. The fraction of sp³-hybridized carbons (Fsp3) is 0.211. The van der Waals surface area contributed by atoms with Crippen LogP contribution in [0.4, 0.5) is 0 Å². The van der Waals surface area contributed by atoms with Gasteiger partial charge in [0.05, 0.1) is 0 Å². The van der Waals surface area contributed by atoms with Crippen LogP contribution in [0.15, 0.2) is 60.7 Å². The summed E-state index contributed by atoms with van der Waals surface area (Å²) in [6.07, 6.45) is 3.75. The first-order chi connectivity index (χ1) is 10.3. The summed E-state index contributed by atoms with van der Waals surface area (Å²) in [4.78, 5) is 12.8. The van der Waals surface area contributed by atoms with E-state index in [4.69, 9.17) is 4.74 Å². The molecule has 0 amide bonds. The molecule has 1 aliphatic heterocycles. The molecular weight excluding hydrogens is 260 g/mol. The zero-order valence-electron chi connectivity index (χ0n) is 11.7. The molecule has 1 unspecified atom stereocenters. The Labute approximate surface area is 124 Å². The normalized spacial score (nSPS) is 24.0. The molecule has 1 atom stereocenters. The van der Waals surface area contributed by atoms with E-state index in [1.807, 2.05) is 48.5 Å². The molecule has 0 bridgehead atoms. The van der Waals surface area contributed by atoms with Crippen LogP contribution < -0.4 is 0 Å². The van der Waals surface area contributed by atoms with Gasteiger partial charge < -0.3 is 4.74 Å². The Morgan fingerprint density at radius 1 is 0.905 bits per heavy atom. The molecule has 4 rings (SSSR count). The molecule has 21 heavy (non-hydrogen) atoms. The molecule has 1 aliphatic carbocycles. The van der Waals surface area contributed by atoms with Crippen LogP contribution in [0.1, 0.15) is 34.3 Å². The van der Waals surface area contributed by atoms with Gasteiger partial charge in [-0.25, -0.2) is 0 Å². The Bertz CT molecular complexity index is 722. The number of fused-ring (bicyclic) bond motifs is 1. The molecule has 2 aromatic rings. The lowest BCUT2D eigenvalue weighted by molar-refractivity contribution is 0.0351. The summed E-state index contributed by atoms with van der Waals surface area (Å²) >= 11 is 0. The lowest BCUT2D eigenvalue weighted by Gasteiger charge is -2.30. The quantitative estimate of drug-likeness (QED) is 0.790. The van der Waals surface area contributed by atoms with Crippen LogP contribution in [-0.4, -0.2) is 18.0 Å².